The van der Waals surface area contributed by atoms with Gasteiger partial charge in [-0.15, -0.1) is 4.90 Å². The van der Waals surface area contributed by atoms with Crippen molar-refractivity contribution in [2.45, 2.75) is 12.1 Å². The van der Waals surface area contributed by atoms with E-state index in [0.29, 0.717) is 0 Å². The van der Waals surface area contributed by atoms with E-state index in [1.54, 1.807) is 0 Å². The Balaban J connectivity index is 3.36. The van der Waals surface area contributed by atoms with Crippen molar-refractivity contribution < 1.29 is 31.9 Å². The standard InChI is InChI=1S/C10H8F5NO2/c11-6-16(10(13,14)15)9(12,8(17)18)7-4-2-1-3-5-7/h1-5H,6H2,(H,17,18)/p-1. The number of benzene rings is 1. The molecule has 1 aromatic rings. The summed E-state index contributed by atoms with van der Waals surface area (Å²) in [5, 5.41) is 10.7. The molecule has 0 radical (unpaired) electrons. The molecule has 18 heavy (non-hydrogen) atoms. The smallest absolute Gasteiger partial charge is 0.465 e. The zero-order chi connectivity index (χ0) is 14.0. The Morgan fingerprint density at radius 3 is 2.00 bits per heavy atom. The van der Waals surface area contributed by atoms with E-state index in [-0.39, 0.29) is 0 Å². The number of hydrogen-bond acceptors (Lipinski definition) is 3. The Hall–Kier alpha value is -1.70. The minimum atomic E-state index is -5.50. The van der Waals surface area contributed by atoms with Gasteiger partial charge in [0.15, 0.2) is 6.80 Å². The van der Waals surface area contributed by atoms with Crippen molar-refractivity contribution in [2.24, 2.45) is 0 Å². The molecule has 0 fully saturated rings. The lowest BCUT2D eigenvalue weighted by molar-refractivity contribution is -0.364. The molecule has 0 N–H and O–H groups in total. The van der Waals surface area contributed by atoms with Crippen LogP contribution in [0.5, 0.6) is 0 Å². The summed E-state index contributed by atoms with van der Waals surface area (Å²) in [5.41, 5.74) is -0.875. The lowest BCUT2D eigenvalue weighted by Crippen LogP contribution is -2.59. The zero-order valence-corrected chi connectivity index (χ0v) is 8.75. The van der Waals surface area contributed by atoms with Gasteiger partial charge in [0, 0.05) is 5.56 Å². The molecule has 0 bridgehead atoms. The number of aliphatic carboxylic acids is 1. The minimum absolute atomic E-state index is 0.796. The molecule has 0 aliphatic carbocycles. The maximum absolute atomic E-state index is 14.1. The van der Waals surface area contributed by atoms with Crippen molar-refractivity contribution in [3.63, 3.8) is 0 Å². The fourth-order valence-corrected chi connectivity index (χ4v) is 1.37. The average Bonchev–Trinajstić information content (AvgIpc) is 2.28. The molecule has 0 amide bonds. The first-order chi connectivity index (χ1) is 8.24. The Bertz CT molecular complexity index is 422. The van der Waals surface area contributed by atoms with Crippen molar-refractivity contribution in [1.82, 2.24) is 4.90 Å². The van der Waals surface area contributed by atoms with Gasteiger partial charge in [0.05, 0.1) is 5.97 Å². The predicted molar refractivity (Wildman–Crippen MR) is 48.1 cm³/mol. The first kappa shape index (κ1) is 14.4. The molecule has 3 nitrogen and oxygen atoms in total. The first-order valence-electron chi connectivity index (χ1n) is 4.61. The maximum atomic E-state index is 14.1. The normalized spacial score (nSPS) is 15.4. The van der Waals surface area contributed by atoms with E-state index in [4.69, 9.17) is 0 Å². The first-order valence-corrected chi connectivity index (χ1v) is 4.61. The van der Waals surface area contributed by atoms with E-state index in [2.05, 4.69) is 0 Å². The number of carbonyl (C=O) groups is 1. The number of rotatable bonds is 4. The topological polar surface area (TPSA) is 43.4 Å². The van der Waals surface area contributed by atoms with Crippen LogP contribution in [0.15, 0.2) is 30.3 Å². The highest BCUT2D eigenvalue weighted by molar-refractivity contribution is 5.76. The third kappa shape index (κ3) is 2.42. The van der Waals surface area contributed by atoms with Crippen LogP contribution >= 0.6 is 0 Å². The van der Waals surface area contributed by atoms with Gasteiger partial charge in [-0.25, -0.2) is 8.78 Å². The molecule has 100 valence electrons. The molecule has 0 saturated carbocycles. The van der Waals surface area contributed by atoms with E-state index in [1.165, 1.54) is 6.07 Å². The number of carboxylic acids is 1. The van der Waals surface area contributed by atoms with Gasteiger partial charge in [-0.1, -0.05) is 30.3 Å². The van der Waals surface area contributed by atoms with Gasteiger partial charge in [0.1, 0.15) is 0 Å². The van der Waals surface area contributed by atoms with Crippen molar-refractivity contribution >= 4 is 5.97 Å². The highest BCUT2D eigenvalue weighted by Crippen LogP contribution is 2.38. The highest BCUT2D eigenvalue weighted by Gasteiger charge is 2.54. The summed E-state index contributed by atoms with van der Waals surface area (Å²) in [5.74, 6) is -6.81. The van der Waals surface area contributed by atoms with Crippen LogP contribution in [-0.2, 0) is 10.6 Å². The quantitative estimate of drug-likeness (QED) is 0.611. The molecule has 0 heterocycles. The summed E-state index contributed by atoms with van der Waals surface area (Å²) >= 11 is 0. The van der Waals surface area contributed by atoms with Gasteiger partial charge in [0.2, 0.25) is 5.79 Å². The molecule has 0 saturated heterocycles. The van der Waals surface area contributed by atoms with Crippen LogP contribution in [0.1, 0.15) is 5.56 Å². The Labute approximate surface area is 98.4 Å². The molecule has 0 spiro atoms. The molecule has 0 aliphatic heterocycles. The largest absolute Gasteiger partial charge is 0.545 e. The zero-order valence-electron chi connectivity index (χ0n) is 8.75. The number of alkyl halides is 5. The fraction of sp³-hybridized carbons (Fsp3) is 0.300. The van der Waals surface area contributed by atoms with Crippen LogP contribution in [-0.4, -0.2) is 24.0 Å². The van der Waals surface area contributed by atoms with Crippen LogP contribution in [0.4, 0.5) is 22.0 Å². The second kappa shape index (κ2) is 4.89. The van der Waals surface area contributed by atoms with E-state index in [9.17, 15) is 31.9 Å². The molecular formula is C10H7F5NO2-. The second-order valence-electron chi connectivity index (χ2n) is 3.29. The molecule has 0 aliphatic rings. The van der Waals surface area contributed by atoms with Crippen LogP contribution < -0.4 is 5.11 Å². The SMILES string of the molecule is O=C([O-])C(F)(c1ccccc1)N(CF)C(F)(F)F. The Kier molecular flexibility index (Phi) is 3.90. The summed E-state index contributed by atoms with van der Waals surface area (Å²) in [4.78, 5) is 9.29. The molecule has 8 heteroatoms. The summed E-state index contributed by atoms with van der Waals surface area (Å²) in [6.45, 7) is -2.36. The number of carbonyl (C=O) groups excluding carboxylic acids is 1. The van der Waals surface area contributed by atoms with Crippen molar-refractivity contribution in [1.29, 1.82) is 0 Å². The maximum Gasteiger partial charge on any atom is 0.465 e. The summed E-state index contributed by atoms with van der Waals surface area (Å²) in [6.07, 6.45) is -5.50. The Morgan fingerprint density at radius 1 is 1.17 bits per heavy atom. The van der Waals surface area contributed by atoms with E-state index >= 15 is 0 Å². The summed E-state index contributed by atoms with van der Waals surface area (Å²) < 4.78 is 63.7. The molecular weight excluding hydrogens is 261 g/mol. The van der Waals surface area contributed by atoms with Crippen molar-refractivity contribution in [3.8, 4) is 0 Å². The van der Waals surface area contributed by atoms with Crippen LogP contribution in [0.3, 0.4) is 0 Å². The monoisotopic (exact) mass is 268 g/mol. The van der Waals surface area contributed by atoms with Crippen LogP contribution in [0.2, 0.25) is 0 Å². The van der Waals surface area contributed by atoms with Crippen molar-refractivity contribution in [3.05, 3.63) is 35.9 Å². The number of nitrogens with zero attached hydrogens (tertiary/aromatic N) is 1. The third-order valence-corrected chi connectivity index (χ3v) is 2.22. The average molecular weight is 268 g/mol. The van der Waals surface area contributed by atoms with Crippen LogP contribution in [0.25, 0.3) is 0 Å². The second-order valence-corrected chi connectivity index (χ2v) is 3.29. The predicted octanol–water partition coefficient (Wildman–Crippen LogP) is 1.31. The van der Waals surface area contributed by atoms with Crippen LogP contribution in [0, 0.1) is 0 Å². The molecule has 1 rings (SSSR count). The minimum Gasteiger partial charge on any atom is -0.545 e. The van der Waals surface area contributed by atoms with Gasteiger partial charge in [0.25, 0.3) is 0 Å². The Morgan fingerprint density at radius 2 is 1.67 bits per heavy atom. The van der Waals surface area contributed by atoms with Gasteiger partial charge in [-0.3, -0.25) is 0 Å². The van der Waals surface area contributed by atoms with Gasteiger partial charge in [-0.05, 0) is 0 Å². The van der Waals surface area contributed by atoms with Gasteiger partial charge >= 0.3 is 6.30 Å². The van der Waals surface area contributed by atoms with Gasteiger partial charge in [-0.2, -0.15) is 13.2 Å². The third-order valence-electron chi connectivity index (χ3n) is 2.22. The highest BCUT2D eigenvalue weighted by atomic mass is 19.4. The molecule has 1 unspecified atom stereocenters. The molecule has 1 aromatic carbocycles. The lowest BCUT2D eigenvalue weighted by Gasteiger charge is -2.37. The van der Waals surface area contributed by atoms with Gasteiger partial charge < -0.3 is 9.90 Å². The lowest BCUT2D eigenvalue weighted by atomic mass is 10.0. The number of hydrogen-bond donors (Lipinski definition) is 0. The van der Waals surface area contributed by atoms with E-state index in [0.717, 1.165) is 24.3 Å². The molecule has 1 atom stereocenters. The van der Waals surface area contributed by atoms with E-state index < -0.39 is 35.3 Å². The number of carboxylic acid groups (broad SMARTS) is 1. The summed E-state index contributed by atoms with van der Waals surface area (Å²) in [7, 11) is 0. The van der Waals surface area contributed by atoms with Crippen molar-refractivity contribution in [2.75, 3.05) is 6.80 Å². The van der Waals surface area contributed by atoms with E-state index in [1.807, 2.05) is 0 Å². The number of halogens is 5. The molecule has 0 aromatic heterocycles. The summed E-state index contributed by atoms with van der Waals surface area (Å²) in [6, 6.07) is 5.18. The fourth-order valence-electron chi connectivity index (χ4n) is 1.37.